The van der Waals surface area contributed by atoms with Crippen molar-refractivity contribution in [1.29, 1.82) is 0 Å². The second-order valence-electron chi connectivity index (χ2n) is 13.1. The summed E-state index contributed by atoms with van der Waals surface area (Å²) in [5.74, 6) is -0.741. The quantitative estimate of drug-likeness (QED) is 0.0743. The minimum absolute atomic E-state index is 0.161. The van der Waals surface area contributed by atoms with Crippen LogP contribution in [0.25, 0.3) is 0 Å². The number of benzene rings is 2. The van der Waals surface area contributed by atoms with E-state index in [1.165, 1.54) is 18.6 Å². The molecule has 12 nitrogen and oxygen atoms in total. The molecule has 15 heteroatoms. The lowest BCUT2D eigenvalue weighted by Crippen LogP contribution is -2.47. The first-order valence-electron chi connectivity index (χ1n) is 18.0. The minimum Gasteiger partial charge on any atom is -0.365 e. The highest BCUT2D eigenvalue weighted by atomic mass is 79.9. The van der Waals surface area contributed by atoms with E-state index in [2.05, 4.69) is 63.0 Å². The smallest absolute Gasteiger partial charge is 0.253 e. The number of carbonyl (C=O) groups excluding carboxylic acids is 2. The summed E-state index contributed by atoms with van der Waals surface area (Å²) in [5, 5.41) is 6.15. The van der Waals surface area contributed by atoms with Gasteiger partial charge in [-0.25, -0.2) is 9.37 Å². The second kappa shape index (κ2) is 20.6. The number of piperidine rings is 1. The predicted molar refractivity (Wildman–Crippen MR) is 211 cm³/mol. The molecule has 2 fully saturated rings. The number of nitrogens with zero attached hydrogens (tertiary/aromatic N) is 6. The van der Waals surface area contributed by atoms with Crippen LogP contribution in [0.15, 0.2) is 70.2 Å². The molecule has 2 aliphatic rings. The number of likely N-dealkylation sites (tertiary alicyclic amines) is 1. The van der Waals surface area contributed by atoms with Crippen molar-refractivity contribution in [3.8, 4) is 0 Å². The van der Waals surface area contributed by atoms with Gasteiger partial charge in [-0.15, -0.1) is 0 Å². The summed E-state index contributed by atoms with van der Waals surface area (Å²) in [7, 11) is 2.13. The number of anilines is 4. The number of primary amides is 1. The molecule has 2 saturated heterocycles. The van der Waals surface area contributed by atoms with Crippen LogP contribution in [-0.2, 0) is 4.79 Å². The van der Waals surface area contributed by atoms with Crippen LogP contribution in [0.2, 0.25) is 0 Å². The average Bonchev–Trinajstić information content (AvgIpc) is 3.14. The number of piperazine rings is 1. The molecule has 3 heterocycles. The van der Waals surface area contributed by atoms with Gasteiger partial charge in [0, 0.05) is 75.2 Å². The molecule has 52 heavy (non-hydrogen) atoms. The van der Waals surface area contributed by atoms with Crippen LogP contribution in [-0.4, -0.2) is 120 Å². The minimum atomic E-state index is -0.874. The third kappa shape index (κ3) is 12.5. The topological polar surface area (TPSA) is 135 Å². The number of rotatable bonds is 18. The molecule has 0 bridgehead atoms. The van der Waals surface area contributed by atoms with Crippen molar-refractivity contribution >= 4 is 62.8 Å². The van der Waals surface area contributed by atoms with Gasteiger partial charge in [0.15, 0.2) is 0 Å². The monoisotopic (exact) mass is 796 g/mol. The molecule has 5 rings (SSSR count). The van der Waals surface area contributed by atoms with E-state index in [1.807, 2.05) is 35.2 Å². The zero-order valence-electron chi connectivity index (χ0n) is 29.8. The van der Waals surface area contributed by atoms with Crippen LogP contribution in [0.4, 0.5) is 27.5 Å². The van der Waals surface area contributed by atoms with Gasteiger partial charge in [0.05, 0.1) is 15.7 Å². The van der Waals surface area contributed by atoms with Crippen LogP contribution in [0.5, 0.6) is 0 Å². The molecular formula is C37H50BrFN10O2S. The summed E-state index contributed by atoms with van der Waals surface area (Å²) in [4.78, 5) is 43.4. The highest BCUT2D eigenvalue weighted by Crippen LogP contribution is 2.28. The Labute approximate surface area is 319 Å². The molecule has 2 aliphatic heterocycles. The zero-order chi connectivity index (χ0) is 36.7. The summed E-state index contributed by atoms with van der Waals surface area (Å²) in [6, 6.07) is 12.2. The van der Waals surface area contributed by atoms with E-state index >= 15 is 0 Å². The van der Waals surface area contributed by atoms with Crippen molar-refractivity contribution in [3.05, 3.63) is 76.7 Å². The number of carbonyl (C=O) groups is 2. The maximum atomic E-state index is 14.2. The van der Waals surface area contributed by atoms with Gasteiger partial charge in [0.2, 0.25) is 11.9 Å². The van der Waals surface area contributed by atoms with Gasteiger partial charge >= 0.3 is 0 Å². The van der Waals surface area contributed by atoms with Crippen molar-refractivity contribution in [2.45, 2.75) is 37.0 Å². The molecule has 5 N–H and O–H groups in total. The van der Waals surface area contributed by atoms with Crippen LogP contribution in [0.3, 0.4) is 0 Å². The fourth-order valence-corrected chi connectivity index (χ4v) is 7.19. The number of aromatic nitrogens is 2. The van der Waals surface area contributed by atoms with Gasteiger partial charge in [0.25, 0.3) is 5.91 Å². The van der Waals surface area contributed by atoms with E-state index in [0.29, 0.717) is 16.2 Å². The Kier molecular flexibility index (Phi) is 15.7. The Hall–Kier alpha value is -3.60. The summed E-state index contributed by atoms with van der Waals surface area (Å²) >= 11 is 5.01. The molecule has 0 unspecified atom stereocenters. The lowest BCUT2D eigenvalue weighted by molar-refractivity contribution is -0.126. The van der Waals surface area contributed by atoms with E-state index in [-0.39, 0.29) is 17.2 Å². The first kappa shape index (κ1) is 39.6. The maximum Gasteiger partial charge on any atom is 0.253 e. The van der Waals surface area contributed by atoms with Crippen molar-refractivity contribution in [3.63, 3.8) is 0 Å². The van der Waals surface area contributed by atoms with Crippen LogP contribution in [0, 0.1) is 5.82 Å². The molecule has 1 aromatic heterocycles. The van der Waals surface area contributed by atoms with Crippen LogP contribution >= 0.6 is 27.9 Å². The van der Waals surface area contributed by atoms with Crippen molar-refractivity contribution in [2.24, 2.45) is 5.73 Å². The molecular weight excluding hydrogens is 747 g/mol. The summed E-state index contributed by atoms with van der Waals surface area (Å²) in [6.07, 6.45) is 11.0. The van der Waals surface area contributed by atoms with E-state index in [9.17, 15) is 14.0 Å². The molecule has 0 radical (unpaired) electrons. The average molecular weight is 798 g/mol. The Balaban J connectivity index is 0.930. The number of hydrogen-bond acceptors (Lipinski definition) is 11. The van der Waals surface area contributed by atoms with Crippen molar-refractivity contribution in [1.82, 2.24) is 34.3 Å². The molecule has 0 spiro atoms. The molecule has 280 valence electrons. The van der Waals surface area contributed by atoms with Gasteiger partial charge in [-0.1, -0.05) is 12.1 Å². The SMILES string of the molecule is CN(C/C=C/C(=O)N1CCCCC1)CCCN1CCN(CCCNSc2ccc(Nc3ncc(Br)c(Nc4cccc(F)c4C(N)=O)n3)cc2)CC1. The first-order chi connectivity index (χ1) is 25.2. The fourth-order valence-electron chi connectivity index (χ4n) is 6.21. The Bertz CT molecular complexity index is 1640. The number of nitrogens with two attached hydrogens (primary N) is 1. The molecule has 0 aliphatic carbocycles. The van der Waals surface area contributed by atoms with Crippen LogP contribution in [0.1, 0.15) is 42.5 Å². The molecule has 2 amide bonds. The van der Waals surface area contributed by atoms with Crippen LogP contribution < -0.4 is 21.1 Å². The van der Waals surface area contributed by atoms with Gasteiger partial charge in [-0.05, 0) is 123 Å². The largest absolute Gasteiger partial charge is 0.365 e. The van der Waals surface area contributed by atoms with E-state index in [0.717, 1.165) is 108 Å². The van der Waals surface area contributed by atoms with E-state index in [4.69, 9.17) is 5.73 Å². The molecule has 2 aromatic carbocycles. The van der Waals surface area contributed by atoms with E-state index in [1.54, 1.807) is 30.3 Å². The van der Waals surface area contributed by atoms with Crippen molar-refractivity contribution in [2.75, 3.05) is 89.7 Å². The molecule has 0 saturated carbocycles. The summed E-state index contributed by atoms with van der Waals surface area (Å²) in [5.41, 5.74) is 6.16. The van der Waals surface area contributed by atoms with Crippen molar-refractivity contribution < 1.29 is 14.0 Å². The number of hydrogen-bond donors (Lipinski definition) is 4. The van der Waals surface area contributed by atoms with Gasteiger partial charge in [-0.3, -0.25) is 14.3 Å². The van der Waals surface area contributed by atoms with Gasteiger partial charge < -0.3 is 36.0 Å². The normalized spacial score (nSPS) is 15.7. The second-order valence-corrected chi connectivity index (χ2v) is 14.9. The highest BCUT2D eigenvalue weighted by molar-refractivity contribution is 9.10. The third-order valence-corrected chi connectivity index (χ3v) is 10.6. The fraction of sp³-hybridized carbons (Fsp3) is 0.459. The molecule has 3 aromatic rings. The summed E-state index contributed by atoms with van der Waals surface area (Å²) < 4.78 is 18.2. The Morgan fingerprint density at radius 1 is 0.981 bits per heavy atom. The zero-order valence-corrected chi connectivity index (χ0v) is 32.2. The number of nitrogens with one attached hydrogen (secondary N) is 3. The number of amides is 2. The number of likely N-dealkylation sites (N-methyl/N-ethyl adjacent to an activating group) is 1. The maximum absolute atomic E-state index is 14.2. The standard InChI is InChI=1S/C37H50BrFN10O2S/c1-46(17-6-11-33(50)49-21-3-2-4-22-49)18-8-20-48-25-23-47(24-26-48)19-7-16-42-52-29-14-12-28(13-15-29)43-37-41-27-30(38)36(45-37)44-32-10-5-9-31(39)34(32)35(40)51/h5-6,9-15,27,42H,2-4,7-8,16-26H2,1H3,(H2,40,51)(H2,41,43,44,45)/b11-6+. The lowest BCUT2D eigenvalue weighted by atomic mass is 10.1. The van der Waals surface area contributed by atoms with Gasteiger partial charge in [-0.2, -0.15) is 4.98 Å². The predicted octanol–water partition coefficient (Wildman–Crippen LogP) is 5.46. The first-order valence-corrected chi connectivity index (χ1v) is 19.6. The van der Waals surface area contributed by atoms with E-state index < -0.39 is 11.7 Å². The van der Waals surface area contributed by atoms with Gasteiger partial charge in [0.1, 0.15) is 11.6 Å². The Morgan fingerprint density at radius 3 is 2.40 bits per heavy atom. The highest BCUT2D eigenvalue weighted by Gasteiger charge is 2.18. The number of halogens is 2. The third-order valence-electron chi connectivity index (χ3n) is 9.14. The summed E-state index contributed by atoms with van der Waals surface area (Å²) in [6.45, 7) is 11.2. The molecule has 0 atom stereocenters. The lowest BCUT2D eigenvalue weighted by Gasteiger charge is -2.35. The Morgan fingerprint density at radius 2 is 1.69 bits per heavy atom.